The lowest BCUT2D eigenvalue weighted by molar-refractivity contribution is -0.161. The van der Waals surface area contributed by atoms with Crippen LogP contribution in [0.4, 0.5) is 0 Å². The van der Waals surface area contributed by atoms with Crippen molar-refractivity contribution in [2.45, 2.75) is 354 Å². The van der Waals surface area contributed by atoms with Gasteiger partial charge in [-0.1, -0.05) is 330 Å². The van der Waals surface area contributed by atoms with Gasteiger partial charge >= 0.3 is 11.9 Å². The minimum Gasteiger partial charge on any atom is -0.462 e. The Hall–Kier alpha value is -2.92. The van der Waals surface area contributed by atoms with E-state index in [2.05, 4.69) is 98.9 Å². The summed E-state index contributed by atoms with van der Waals surface area (Å²) >= 11 is 0. The smallest absolute Gasteiger partial charge is 0.306 e. The number of hydrogen-bond acceptors (Lipinski definition) is 5. The number of unbranched alkanes of at least 4 members (excludes halogenated alkanes) is 41. The van der Waals surface area contributed by atoms with E-state index in [0.717, 1.165) is 77.0 Å². The monoisotopic (exact) mass is 1090 g/mol. The van der Waals surface area contributed by atoms with Crippen LogP contribution in [0.3, 0.4) is 0 Å². The lowest BCUT2D eigenvalue weighted by Gasteiger charge is -2.15. The number of aliphatic hydroxyl groups is 1. The molecular weight excluding hydrogens is 957 g/mol. The lowest BCUT2D eigenvalue weighted by Crippen LogP contribution is -2.28. The van der Waals surface area contributed by atoms with Gasteiger partial charge in [-0.3, -0.25) is 9.59 Å². The Balaban J connectivity index is 3.41. The Morgan fingerprint density at radius 1 is 0.308 bits per heavy atom. The summed E-state index contributed by atoms with van der Waals surface area (Å²) in [6.45, 7) is 4.05. The van der Waals surface area contributed by atoms with E-state index in [-0.39, 0.29) is 25.2 Å². The summed E-state index contributed by atoms with van der Waals surface area (Å²) in [4.78, 5) is 24.6. The third-order valence-corrected chi connectivity index (χ3v) is 15.2. The zero-order chi connectivity index (χ0) is 56.2. The average molecular weight is 1090 g/mol. The Kier molecular flexibility index (Phi) is 65.8. The average Bonchev–Trinajstić information content (AvgIpc) is 3.44. The molecule has 1 atom stereocenters. The summed E-state index contributed by atoms with van der Waals surface area (Å²) < 4.78 is 10.7. The minimum atomic E-state index is -0.776. The standard InChI is InChI=1S/C73H130O5/c1-3-5-7-9-11-13-15-17-19-21-23-25-27-29-30-31-32-33-34-35-36-37-38-39-40-41-42-44-46-48-50-52-54-56-58-60-62-64-66-68-73(76)78-71(69-74)70-77-72(75)67-65-63-61-59-57-55-53-51-49-47-45-43-28-26-24-22-20-18-16-14-12-10-8-6-4-2/h5,7,11,13,16-19,22-25,28,43,71,74H,3-4,6,8-10,12,14-15,20-21,26-27,29-42,44-70H2,1-2H3/b7-5-,13-11-,18-16-,19-17-,24-22-,25-23-,43-28-. The summed E-state index contributed by atoms with van der Waals surface area (Å²) in [5.74, 6) is -0.580. The maximum atomic E-state index is 12.4. The van der Waals surface area contributed by atoms with E-state index in [9.17, 15) is 14.7 Å². The van der Waals surface area contributed by atoms with E-state index in [1.54, 1.807) is 0 Å². The summed E-state index contributed by atoms with van der Waals surface area (Å²) in [7, 11) is 0. The van der Waals surface area contributed by atoms with Gasteiger partial charge in [0.05, 0.1) is 6.61 Å². The predicted molar refractivity (Wildman–Crippen MR) is 343 cm³/mol. The molecule has 5 heteroatoms. The normalized spacial score (nSPS) is 12.7. The van der Waals surface area contributed by atoms with Gasteiger partial charge in [-0.15, -0.1) is 0 Å². The highest BCUT2D eigenvalue weighted by Crippen LogP contribution is 2.18. The third-order valence-electron chi connectivity index (χ3n) is 15.2. The van der Waals surface area contributed by atoms with E-state index in [0.29, 0.717) is 12.8 Å². The maximum Gasteiger partial charge on any atom is 0.306 e. The van der Waals surface area contributed by atoms with Crippen LogP contribution < -0.4 is 0 Å². The number of carbonyl (C=O) groups is 2. The molecule has 1 N–H and O–H groups in total. The van der Waals surface area contributed by atoms with Crippen LogP contribution in [0.25, 0.3) is 0 Å². The summed E-state index contributed by atoms with van der Waals surface area (Å²) in [5.41, 5.74) is 0. The number of hydrogen-bond donors (Lipinski definition) is 1. The highest BCUT2D eigenvalue weighted by Gasteiger charge is 2.16. The van der Waals surface area contributed by atoms with Crippen molar-refractivity contribution in [1.29, 1.82) is 0 Å². The molecule has 0 amide bonds. The van der Waals surface area contributed by atoms with Crippen LogP contribution in [0.1, 0.15) is 348 Å². The van der Waals surface area contributed by atoms with Crippen LogP contribution in [0.2, 0.25) is 0 Å². The van der Waals surface area contributed by atoms with Gasteiger partial charge in [0.2, 0.25) is 0 Å². The number of esters is 2. The van der Waals surface area contributed by atoms with E-state index in [1.165, 1.54) is 244 Å². The number of ether oxygens (including phenoxy) is 2. The second kappa shape index (κ2) is 68.4. The van der Waals surface area contributed by atoms with Crippen LogP contribution >= 0.6 is 0 Å². The summed E-state index contributed by atoms with van der Waals surface area (Å²) in [6, 6.07) is 0. The van der Waals surface area contributed by atoms with Crippen molar-refractivity contribution >= 4 is 11.9 Å². The first-order valence-corrected chi connectivity index (χ1v) is 34.1. The molecule has 1 unspecified atom stereocenters. The molecule has 0 heterocycles. The molecule has 0 radical (unpaired) electrons. The first kappa shape index (κ1) is 75.1. The molecule has 0 aliphatic carbocycles. The van der Waals surface area contributed by atoms with Crippen molar-refractivity contribution in [3.05, 3.63) is 85.1 Å². The predicted octanol–water partition coefficient (Wildman–Crippen LogP) is 23.7. The molecule has 78 heavy (non-hydrogen) atoms. The fraction of sp³-hybridized carbons (Fsp3) is 0.781. The zero-order valence-electron chi connectivity index (χ0n) is 51.9. The van der Waals surface area contributed by atoms with Crippen molar-refractivity contribution in [1.82, 2.24) is 0 Å². The summed E-state index contributed by atoms with van der Waals surface area (Å²) in [6.07, 6.45) is 96.1. The number of rotatable bonds is 63. The van der Waals surface area contributed by atoms with Crippen LogP contribution in [0.5, 0.6) is 0 Å². The first-order chi connectivity index (χ1) is 38.6. The van der Waals surface area contributed by atoms with Gasteiger partial charge in [0.15, 0.2) is 6.10 Å². The van der Waals surface area contributed by atoms with Crippen molar-refractivity contribution in [3.63, 3.8) is 0 Å². The van der Waals surface area contributed by atoms with E-state index in [4.69, 9.17) is 9.47 Å². The van der Waals surface area contributed by atoms with Crippen LogP contribution in [-0.4, -0.2) is 36.4 Å². The molecule has 0 aromatic rings. The molecule has 0 saturated carbocycles. The lowest BCUT2D eigenvalue weighted by atomic mass is 10.0. The second-order valence-corrected chi connectivity index (χ2v) is 22.9. The molecule has 5 nitrogen and oxygen atoms in total. The molecule has 0 saturated heterocycles. The number of carbonyl (C=O) groups excluding carboxylic acids is 2. The van der Waals surface area contributed by atoms with Crippen molar-refractivity contribution in [2.24, 2.45) is 0 Å². The van der Waals surface area contributed by atoms with Crippen molar-refractivity contribution in [2.75, 3.05) is 13.2 Å². The number of aliphatic hydroxyl groups excluding tert-OH is 1. The van der Waals surface area contributed by atoms with Gasteiger partial charge in [0, 0.05) is 12.8 Å². The molecule has 0 aliphatic heterocycles. The molecule has 0 aromatic carbocycles. The number of allylic oxidation sites excluding steroid dienone is 14. The van der Waals surface area contributed by atoms with Gasteiger partial charge in [0.25, 0.3) is 0 Å². The van der Waals surface area contributed by atoms with E-state index in [1.807, 2.05) is 0 Å². The third kappa shape index (κ3) is 65.6. The molecule has 452 valence electrons. The van der Waals surface area contributed by atoms with Gasteiger partial charge in [-0.2, -0.15) is 0 Å². The maximum absolute atomic E-state index is 12.4. The van der Waals surface area contributed by atoms with Crippen LogP contribution in [-0.2, 0) is 19.1 Å². The Morgan fingerprint density at radius 3 is 0.833 bits per heavy atom. The summed E-state index contributed by atoms with van der Waals surface area (Å²) in [5, 5.41) is 9.69. The van der Waals surface area contributed by atoms with Gasteiger partial charge in [-0.05, 0) is 89.9 Å². The fourth-order valence-corrected chi connectivity index (χ4v) is 10.1. The van der Waals surface area contributed by atoms with E-state index >= 15 is 0 Å². The Bertz CT molecular complexity index is 1420. The molecule has 0 fully saturated rings. The molecule has 0 spiro atoms. The van der Waals surface area contributed by atoms with Crippen LogP contribution in [0.15, 0.2) is 85.1 Å². The molecule has 0 rings (SSSR count). The highest BCUT2D eigenvalue weighted by molar-refractivity contribution is 5.70. The molecular formula is C73H130O5. The van der Waals surface area contributed by atoms with E-state index < -0.39 is 6.10 Å². The van der Waals surface area contributed by atoms with Gasteiger partial charge < -0.3 is 14.6 Å². The van der Waals surface area contributed by atoms with Crippen LogP contribution in [0, 0.1) is 0 Å². The second-order valence-electron chi connectivity index (χ2n) is 22.9. The Morgan fingerprint density at radius 2 is 0.551 bits per heavy atom. The SMILES string of the molecule is CC/C=C\C/C=C\C/C=C\C/C=C\CCCCCCCCCCCCCCCCCCCCCCCCCCCCC(=O)OC(CO)COC(=O)CCCCCCCCCCCC/C=C\C/C=C\C/C=C\CCCCCCC. The minimum absolute atomic E-state index is 0.0664. The highest BCUT2D eigenvalue weighted by atomic mass is 16.6. The molecule has 0 aromatic heterocycles. The largest absolute Gasteiger partial charge is 0.462 e. The van der Waals surface area contributed by atoms with Gasteiger partial charge in [-0.25, -0.2) is 0 Å². The first-order valence-electron chi connectivity index (χ1n) is 34.1. The molecule has 0 bridgehead atoms. The van der Waals surface area contributed by atoms with Gasteiger partial charge in [0.1, 0.15) is 6.61 Å². The fourth-order valence-electron chi connectivity index (χ4n) is 10.1. The van der Waals surface area contributed by atoms with Crippen molar-refractivity contribution < 1.29 is 24.2 Å². The topological polar surface area (TPSA) is 72.8 Å². The molecule has 0 aliphatic rings. The van der Waals surface area contributed by atoms with Crippen molar-refractivity contribution in [3.8, 4) is 0 Å². The Labute approximate surface area is 486 Å². The quantitative estimate of drug-likeness (QED) is 0.0373. The zero-order valence-corrected chi connectivity index (χ0v) is 51.9.